The fourth-order valence-corrected chi connectivity index (χ4v) is 5.46. The second-order valence-electron chi connectivity index (χ2n) is 8.74. The molecule has 1 spiro atoms. The van der Waals surface area contributed by atoms with Crippen LogP contribution in [-0.2, 0) is 26.3 Å². The van der Waals surface area contributed by atoms with Crippen LogP contribution in [0, 0.1) is 11.8 Å². The molecule has 5 unspecified atom stereocenters. The Hall–Kier alpha value is -3.19. The third-order valence-corrected chi connectivity index (χ3v) is 7.08. The van der Waals surface area contributed by atoms with E-state index in [0.717, 1.165) is 11.1 Å². The first-order valence-electron chi connectivity index (χ1n) is 10.7. The van der Waals surface area contributed by atoms with Crippen molar-refractivity contribution in [2.75, 3.05) is 5.32 Å². The van der Waals surface area contributed by atoms with Gasteiger partial charge in [-0.25, -0.2) is 0 Å². The fraction of sp³-hybridized carbons (Fsp3) is 0.375. The second kappa shape index (κ2) is 6.92. The zero-order valence-corrected chi connectivity index (χ0v) is 17.5. The number of phenols is 1. The third kappa shape index (κ3) is 2.66. The predicted octanol–water partition coefficient (Wildman–Crippen LogP) is 2.15. The Bertz CT molecular complexity index is 1080. The first-order valence-corrected chi connectivity index (χ1v) is 10.7. The summed E-state index contributed by atoms with van der Waals surface area (Å²) >= 11 is 0. The van der Waals surface area contributed by atoms with Crippen molar-refractivity contribution in [2.24, 2.45) is 11.8 Å². The molecule has 31 heavy (non-hydrogen) atoms. The summed E-state index contributed by atoms with van der Waals surface area (Å²) < 4.78 is 0. The molecule has 0 radical (unpaired) electrons. The number of benzene rings is 2. The minimum Gasteiger partial charge on any atom is -0.508 e. The Morgan fingerprint density at radius 2 is 1.77 bits per heavy atom. The van der Waals surface area contributed by atoms with Gasteiger partial charge < -0.3 is 10.4 Å². The van der Waals surface area contributed by atoms with E-state index in [1.165, 1.54) is 4.90 Å². The molecule has 2 saturated heterocycles. The van der Waals surface area contributed by atoms with Crippen molar-refractivity contribution in [1.82, 2.24) is 10.2 Å². The number of amides is 3. The number of carbonyl (C=O) groups excluding carboxylic acids is 3. The molecular weight excluding hydrogens is 394 g/mol. The zero-order chi connectivity index (χ0) is 21.9. The van der Waals surface area contributed by atoms with E-state index >= 15 is 0 Å². The molecule has 3 aliphatic heterocycles. The van der Waals surface area contributed by atoms with Gasteiger partial charge in [-0.15, -0.1) is 0 Å². The van der Waals surface area contributed by atoms with Gasteiger partial charge in [0.25, 0.3) is 0 Å². The van der Waals surface area contributed by atoms with Gasteiger partial charge >= 0.3 is 0 Å². The number of anilines is 1. The number of imide groups is 1. The summed E-state index contributed by atoms with van der Waals surface area (Å²) in [6.45, 7) is 3.81. The maximum Gasteiger partial charge on any atom is 0.250 e. The lowest BCUT2D eigenvalue weighted by Gasteiger charge is -2.31. The number of carbonyl (C=O) groups is 3. The van der Waals surface area contributed by atoms with Crippen LogP contribution in [0.4, 0.5) is 5.69 Å². The predicted molar refractivity (Wildman–Crippen MR) is 114 cm³/mol. The fourth-order valence-electron chi connectivity index (χ4n) is 5.46. The molecule has 7 nitrogen and oxygen atoms in total. The highest BCUT2D eigenvalue weighted by Crippen LogP contribution is 2.53. The topological polar surface area (TPSA) is 98.7 Å². The monoisotopic (exact) mass is 419 g/mol. The summed E-state index contributed by atoms with van der Waals surface area (Å²) in [7, 11) is 0. The van der Waals surface area contributed by atoms with E-state index in [9.17, 15) is 19.5 Å². The van der Waals surface area contributed by atoms with Crippen LogP contribution in [0.2, 0.25) is 0 Å². The number of hydrogen-bond acceptors (Lipinski definition) is 5. The average Bonchev–Trinajstić information content (AvgIpc) is 3.34. The summed E-state index contributed by atoms with van der Waals surface area (Å²) in [5.74, 6) is -2.04. The van der Waals surface area contributed by atoms with Crippen LogP contribution in [0.5, 0.6) is 5.75 Å². The summed E-state index contributed by atoms with van der Waals surface area (Å²) in [6.07, 6.45) is 1.12. The Balaban J connectivity index is 1.62. The molecule has 0 bridgehead atoms. The van der Waals surface area contributed by atoms with Crippen LogP contribution >= 0.6 is 0 Å². The lowest BCUT2D eigenvalue weighted by Crippen LogP contribution is -2.54. The van der Waals surface area contributed by atoms with Crippen molar-refractivity contribution in [3.8, 4) is 5.75 Å². The van der Waals surface area contributed by atoms with Gasteiger partial charge in [0.05, 0.1) is 11.8 Å². The smallest absolute Gasteiger partial charge is 0.250 e. The zero-order valence-electron chi connectivity index (χ0n) is 17.5. The molecule has 3 amide bonds. The lowest BCUT2D eigenvalue weighted by molar-refractivity contribution is -0.145. The summed E-state index contributed by atoms with van der Waals surface area (Å²) in [5.41, 5.74) is 1.04. The molecule has 160 valence electrons. The van der Waals surface area contributed by atoms with Gasteiger partial charge in [-0.1, -0.05) is 37.3 Å². The third-order valence-electron chi connectivity index (χ3n) is 7.08. The number of likely N-dealkylation sites (tertiary alicyclic amines) is 1. The van der Waals surface area contributed by atoms with Crippen molar-refractivity contribution >= 4 is 23.4 Å². The van der Waals surface area contributed by atoms with Gasteiger partial charge in [0, 0.05) is 23.3 Å². The molecule has 7 heteroatoms. The number of nitrogens with one attached hydrogen (secondary N) is 2. The first kappa shape index (κ1) is 19.8. The number of rotatable bonds is 4. The molecular formula is C24H25N3O4. The molecule has 0 aliphatic carbocycles. The molecule has 3 N–H and O–H groups in total. The Morgan fingerprint density at radius 1 is 1.06 bits per heavy atom. The van der Waals surface area contributed by atoms with Gasteiger partial charge in [-0.05, 0) is 43.5 Å². The van der Waals surface area contributed by atoms with E-state index in [-0.39, 0.29) is 29.5 Å². The van der Waals surface area contributed by atoms with Crippen LogP contribution in [0.25, 0.3) is 0 Å². The van der Waals surface area contributed by atoms with E-state index < -0.39 is 23.4 Å². The van der Waals surface area contributed by atoms with Crippen molar-refractivity contribution < 1.29 is 19.5 Å². The standard InChI is InChI=1S/C24H25N3O4/c1-3-13(2)27-21(29)19-18(12-14-8-10-15(28)11-9-14)26-24(20(19)22(27)30)16-6-4-5-7-17(16)25-23(24)31/h4-11,13,18-20,26,28H,3,12H2,1-2H3,(H,25,31). The van der Waals surface area contributed by atoms with Crippen LogP contribution in [0.3, 0.4) is 0 Å². The largest absolute Gasteiger partial charge is 0.508 e. The van der Waals surface area contributed by atoms with Gasteiger partial charge in [0.1, 0.15) is 11.3 Å². The van der Waals surface area contributed by atoms with E-state index in [2.05, 4.69) is 10.6 Å². The van der Waals surface area contributed by atoms with Crippen LogP contribution < -0.4 is 10.6 Å². The molecule has 5 atom stereocenters. The van der Waals surface area contributed by atoms with E-state index in [1.54, 1.807) is 24.3 Å². The van der Waals surface area contributed by atoms with E-state index in [4.69, 9.17) is 0 Å². The molecule has 0 saturated carbocycles. The molecule has 0 aromatic heterocycles. The van der Waals surface area contributed by atoms with Gasteiger partial charge in [0.2, 0.25) is 17.7 Å². The van der Waals surface area contributed by atoms with Crippen molar-refractivity contribution in [3.63, 3.8) is 0 Å². The van der Waals surface area contributed by atoms with E-state index in [0.29, 0.717) is 18.5 Å². The van der Waals surface area contributed by atoms with E-state index in [1.807, 2.05) is 38.1 Å². The first-order chi connectivity index (χ1) is 14.9. The molecule has 5 rings (SSSR count). The molecule has 3 aliphatic rings. The van der Waals surface area contributed by atoms with Crippen LogP contribution in [-0.4, -0.2) is 39.8 Å². The van der Waals surface area contributed by atoms with Crippen molar-refractivity contribution in [2.45, 2.75) is 44.3 Å². The van der Waals surface area contributed by atoms with Crippen LogP contribution in [0.1, 0.15) is 31.4 Å². The highest BCUT2D eigenvalue weighted by molar-refractivity contribution is 6.15. The SMILES string of the molecule is CCC(C)N1C(=O)C2C(Cc3ccc(O)cc3)NC3(C(=O)Nc4ccccc43)C2C1=O. The van der Waals surface area contributed by atoms with Crippen molar-refractivity contribution in [1.29, 1.82) is 0 Å². The molecule has 3 heterocycles. The highest BCUT2D eigenvalue weighted by Gasteiger charge is 2.70. The summed E-state index contributed by atoms with van der Waals surface area (Å²) in [6, 6.07) is 13.5. The Labute approximate surface area is 180 Å². The van der Waals surface area contributed by atoms with Crippen LogP contribution in [0.15, 0.2) is 48.5 Å². The lowest BCUT2D eigenvalue weighted by atomic mass is 9.76. The average molecular weight is 419 g/mol. The van der Waals surface area contributed by atoms with Gasteiger partial charge in [-0.2, -0.15) is 0 Å². The second-order valence-corrected chi connectivity index (χ2v) is 8.74. The van der Waals surface area contributed by atoms with Crippen molar-refractivity contribution in [3.05, 3.63) is 59.7 Å². The normalized spacial score (nSPS) is 29.9. The molecule has 2 aromatic rings. The highest BCUT2D eigenvalue weighted by atomic mass is 16.3. The quantitative estimate of drug-likeness (QED) is 0.660. The number of hydrogen-bond donors (Lipinski definition) is 3. The Kier molecular flexibility index (Phi) is 4.41. The number of nitrogens with zero attached hydrogens (tertiary/aromatic N) is 1. The summed E-state index contributed by atoms with van der Waals surface area (Å²) in [5, 5.41) is 15.9. The maximum atomic E-state index is 13.6. The van der Waals surface area contributed by atoms with Gasteiger partial charge in [-0.3, -0.25) is 24.6 Å². The minimum atomic E-state index is -1.27. The number of aromatic hydroxyl groups is 1. The molecule has 2 aromatic carbocycles. The number of fused-ring (bicyclic) bond motifs is 4. The molecule has 2 fully saturated rings. The Morgan fingerprint density at radius 3 is 2.48 bits per heavy atom. The summed E-state index contributed by atoms with van der Waals surface area (Å²) in [4.78, 5) is 41.8. The van der Waals surface area contributed by atoms with Gasteiger partial charge in [0.15, 0.2) is 0 Å². The maximum absolute atomic E-state index is 13.6. The minimum absolute atomic E-state index is 0.164. The number of phenolic OH excluding ortho intramolecular Hbond substituents is 1. The number of para-hydroxylation sites is 1.